The Balaban J connectivity index is 2.18. The summed E-state index contributed by atoms with van der Waals surface area (Å²) in [6.45, 7) is 0.428. The van der Waals surface area contributed by atoms with Gasteiger partial charge in [0.05, 0.1) is 11.5 Å². The molecule has 7 nitrogen and oxygen atoms in total. The molecule has 8 heteroatoms. The van der Waals surface area contributed by atoms with Crippen molar-refractivity contribution in [3.63, 3.8) is 0 Å². The Kier molecular flexibility index (Phi) is 3.45. The zero-order valence-corrected chi connectivity index (χ0v) is 9.85. The molecule has 0 unspecified atom stereocenters. The van der Waals surface area contributed by atoms with Gasteiger partial charge < -0.3 is 5.32 Å². The standard InChI is InChI=1S/C10H7N5O2S/c11-4-7-3-8(15(16)17)5-13-10(7)14-6-9-12-1-2-18-9/h1-3,5H,6H2,(H,13,14). The molecule has 0 bridgehead atoms. The van der Waals surface area contributed by atoms with Crippen LogP contribution in [0.2, 0.25) is 0 Å². The van der Waals surface area contributed by atoms with E-state index in [0.29, 0.717) is 12.4 Å². The molecule has 0 saturated carbocycles. The van der Waals surface area contributed by atoms with Crippen LogP contribution in [0.4, 0.5) is 11.5 Å². The first-order chi connectivity index (χ1) is 8.70. The van der Waals surface area contributed by atoms with E-state index >= 15 is 0 Å². The second-order valence-electron chi connectivity index (χ2n) is 3.24. The number of rotatable bonds is 4. The number of nitrogens with one attached hydrogen (secondary N) is 1. The molecule has 18 heavy (non-hydrogen) atoms. The number of nitriles is 1. The quantitative estimate of drug-likeness (QED) is 0.666. The molecule has 0 aliphatic heterocycles. The third-order valence-corrected chi connectivity index (χ3v) is 2.87. The highest BCUT2D eigenvalue weighted by Crippen LogP contribution is 2.19. The first kappa shape index (κ1) is 11.9. The van der Waals surface area contributed by atoms with Crippen LogP contribution in [0.15, 0.2) is 23.8 Å². The van der Waals surface area contributed by atoms with Crippen LogP contribution in [-0.2, 0) is 6.54 Å². The molecule has 0 spiro atoms. The van der Waals surface area contributed by atoms with E-state index in [1.807, 2.05) is 11.4 Å². The zero-order chi connectivity index (χ0) is 13.0. The number of nitrogens with zero attached hydrogens (tertiary/aromatic N) is 4. The number of nitro groups is 1. The Morgan fingerprint density at radius 3 is 3.00 bits per heavy atom. The maximum absolute atomic E-state index is 10.6. The molecule has 0 atom stereocenters. The average Bonchev–Trinajstić information content (AvgIpc) is 2.89. The van der Waals surface area contributed by atoms with Crippen molar-refractivity contribution in [2.24, 2.45) is 0 Å². The summed E-state index contributed by atoms with van der Waals surface area (Å²) < 4.78 is 0. The van der Waals surface area contributed by atoms with Crippen molar-refractivity contribution in [2.75, 3.05) is 5.32 Å². The van der Waals surface area contributed by atoms with Gasteiger partial charge in [-0.1, -0.05) is 0 Å². The Bertz CT molecular complexity index is 605. The highest BCUT2D eigenvalue weighted by atomic mass is 32.1. The van der Waals surface area contributed by atoms with Crippen LogP contribution >= 0.6 is 11.3 Å². The smallest absolute Gasteiger partial charge is 0.289 e. The lowest BCUT2D eigenvalue weighted by atomic mass is 10.2. The van der Waals surface area contributed by atoms with Crippen molar-refractivity contribution < 1.29 is 4.92 Å². The molecule has 2 aromatic rings. The van der Waals surface area contributed by atoms with E-state index in [0.717, 1.165) is 11.2 Å². The van der Waals surface area contributed by atoms with Gasteiger partial charge in [0.15, 0.2) is 0 Å². The third-order valence-electron chi connectivity index (χ3n) is 2.10. The predicted octanol–water partition coefficient (Wildman–Crippen LogP) is 1.93. The second kappa shape index (κ2) is 5.20. The fourth-order valence-corrected chi connectivity index (χ4v) is 1.84. The number of pyridine rings is 1. The van der Waals surface area contributed by atoms with Crippen LogP contribution < -0.4 is 5.32 Å². The summed E-state index contributed by atoms with van der Waals surface area (Å²) in [6.07, 6.45) is 2.79. The third kappa shape index (κ3) is 2.58. The van der Waals surface area contributed by atoms with E-state index in [1.54, 1.807) is 6.20 Å². The molecule has 1 N–H and O–H groups in total. The molecular formula is C10H7N5O2S. The van der Waals surface area contributed by atoms with Crippen LogP contribution in [0.25, 0.3) is 0 Å². The van der Waals surface area contributed by atoms with Gasteiger partial charge in [-0.05, 0) is 0 Å². The average molecular weight is 261 g/mol. The predicted molar refractivity (Wildman–Crippen MR) is 65.0 cm³/mol. The normalized spacial score (nSPS) is 9.72. The van der Waals surface area contributed by atoms with E-state index in [2.05, 4.69) is 15.3 Å². The van der Waals surface area contributed by atoms with E-state index < -0.39 is 4.92 Å². The molecular weight excluding hydrogens is 254 g/mol. The van der Waals surface area contributed by atoms with E-state index in [-0.39, 0.29) is 11.3 Å². The van der Waals surface area contributed by atoms with Gasteiger partial charge in [-0.2, -0.15) is 5.26 Å². The van der Waals surface area contributed by atoms with Crippen LogP contribution in [0.1, 0.15) is 10.6 Å². The maximum Gasteiger partial charge on any atom is 0.289 e. The van der Waals surface area contributed by atoms with Gasteiger partial charge in [0.25, 0.3) is 5.69 Å². The Morgan fingerprint density at radius 1 is 1.56 bits per heavy atom. The maximum atomic E-state index is 10.6. The Hall–Kier alpha value is -2.53. The molecule has 2 heterocycles. The summed E-state index contributed by atoms with van der Waals surface area (Å²) >= 11 is 1.47. The molecule has 0 aliphatic carbocycles. The first-order valence-electron chi connectivity index (χ1n) is 4.87. The molecule has 2 aromatic heterocycles. The Morgan fingerprint density at radius 2 is 2.39 bits per heavy atom. The van der Waals surface area contributed by atoms with Crippen LogP contribution in [-0.4, -0.2) is 14.9 Å². The molecule has 0 saturated heterocycles. The molecule has 0 amide bonds. The molecule has 2 rings (SSSR count). The highest BCUT2D eigenvalue weighted by molar-refractivity contribution is 7.09. The van der Waals surface area contributed by atoms with E-state index in [1.165, 1.54) is 17.4 Å². The molecule has 0 fully saturated rings. The minimum absolute atomic E-state index is 0.140. The molecule has 0 aliphatic rings. The highest BCUT2D eigenvalue weighted by Gasteiger charge is 2.12. The number of hydrogen-bond acceptors (Lipinski definition) is 7. The number of hydrogen-bond donors (Lipinski definition) is 1. The number of thiazole rings is 1. The van der Waals surface area contributed by atoms with Crippen molar-refractivity contribution in [3.05, 3.63) is 44.5 Å². The lowest BCUT2D eigenvalue weighted by molar-refractivity contribution is -0.385. The fourth-order valence-electron chi connectivity index (χ4n) is 1.28. The van der Waals surface area contributed by atoms with Gasteiger partial charge >= 0.3 is 0 Å². The second-order valence-corrected chi connectivity index (χ2v) is 4.22. The van der Waals surface area contributed by atoms with Gasteiger partial charge in [0.1, 0.15) is 28.7 Å². The minimum atomic E-state index is -0.585. The zero-order valence-electron chi connectivity index (χ0n) is 9.03. The Labute approximate surface area is 106 Å². The molecule has 0 radical (unpaired) electrons. The number of aromatic nitrogens is 2. The summed E-state index contributed by atoms with van der Waals surface area (Å²) in [6, 6.07) is 3.07. The fraction of sp³-hybridized carbons (Fsp3) is 0.100. The van der Waals surface area contributed by atoms with Gasteiger partial charge in [-0.25, -0.2) is 9.97 Å². The van der Waals surface area contributed by atoms with Crippen LogP contribution in [0.5, 0.6) is 0 Å². The van der Waals surface area contributed by atoms with Crippen molar-refractivity contribution in [1.29, 1.82) is 5.26 Å². The van der Waals surface area contributed by atoms with Crippen molar-refractivity contribution in [3.8, 4) is 6.07 Å². The summed E-state index contributed by atoms with van der Waals surface area (Å²) in [4.78, 5) is 17.9. The van der Waals surface area contributed by atoms with Gasteiger partial charge in [0.2, 0.25) is 0 Å². The lowest BCUT2D eigenvalue weighted by Gasteiger charge is -2.04. The molecule has 90 valence electrons. The SMILES string of the molecule is N#Cc1cc([N+](=O)[O-])cnc1NCc1nccs1. The van der Waals surface area contributed by atoms with Crippen molar-refractivity contribution in [1.82, 2.24) is 9.97 Å². The van der Waals surface area contributed by atoms with Crippen LogP contribution in [0, 0.1) is 21.4 Å². The van der Waals surface area contributed by atoms with Gasteiger partial charge in [0, 0.05) is 17.6 Å². The van der Waals surface area contributed by atoms with Crippen LogP contribution in [0.3, 0.4) is 0 Å². The van der Waals surface area contributed by atoms with E-state index in [9.17, 15) is 10.1 Å². The van der Waals surface area contributed by atoms with Crippen molar-refractivity contribution in [2.45, 2.75) is 6.54 Å². The molecule has 0 aromatic carbocycles. The van der Waals surface area contributed by atoms with Crippen molar-refractivity contribution >= 4 is 22.8 Å². The largest absolute Gasteiger partial charge is 0.362 e. The topological polar surface area (TPSA) is 105 Å². The monoisotopic (exact) mass is 261 g/mol. The van der Waals surface area contributed by atoms with E-state index in [4.69, 9.17) is 5.26 Å². The summed E-state index contributed by atoms with van der Waals surface area (Å²) in [5, 5.41) is 25.1. The van der Waals surface area contributed by atoms with Gasteiger partial charge in [-0.3, -0.25) is 10.1 Å². The lowest BCUT2D eigenvalue weighted by Crippen LogP contribution is -2.03. The van der Waals surface area contributed by atoms with Gasteiger partial charge in [-0.15, -0.1) is 11.3 Å². The number of anilines is 1. The summed E-state index contributed by atoms with van der Waals surface area (Å²) in [5.74, 6) is 0.318. The summed E-state index contributed by atoms with van der Waals surface area (Å²) in [5.41, 5.74) is -0.0629. The minimum Gasteiger partial charge on any atom is -0.362 e. The first-order valence-corrected chi connectivity index (χ1v) is 5.75. The summed E-state index contributed by atoms with van der Waals surface area (Å²) in [7, 11) is 0.